The molecule has 120 valence electrons. The summed E-state index contributed by atoms with van der Waals surface area (Å²) in [5.41, 5.74) is 2.12. The summed E-state index contributed by atoms with van der Waals surface area (Å²) in [6.07, 6.45) is 1.99. The third-order valence-electron chi connectivity index (χ3n) is 4.52. The van der Waals surface area contributed by atoms with Crippen LogP contribution >= 0.6 is 0 Å². The maximum atomic E-state index is 12.3. The van der Waals surface area contributed by atoms with E-state index in [4.69, 9.17) is 4.74 Å². The van der Waals surface area contributed by atoms with Crippen LogP contribution in [0.1, 0.15) is 43.9 Å². The summed E-state index contributed by atoms with van der Waals surface area (Å²) < 4.78 is 5.68. The van der Waals surface area contributed by atoms with E-state index >= 15 is 0 Å². The Hall–Kier alpha value is -1.59. The molecule has 0 radical (unpaired) electrons. The molecule has 3 N–H and O–H groups in total. The quantitative estimate of drug-likeness (QED) is 0.781. The summed E-state index contributed by atoms with van der Waals surface area (Å²) in [7, 11) is 0. The van der Waals surface area contributed by atoms with Gasteiger partial charge in [0.05, 0.1) is 24.4 Å². The van der Waals surface area contributed by atoms with Gasteiger partial charge in [0.2, 0.25) is 0 Å². The fourth-order valence-electron chi connectivity index (χ4n) is 3.64. The van der Waals surface area contributed by atoms with Crippen molar-refractivity contribution in [2.24, 2.45) is 0 Å². The van der Waals surface area contributed by atoms with Gasteiger partial charge in [0.25, 0.3) is 0 Å². The van der Waals surface area contributed by atoms with E-state index in [-0.39, 0.29) is 30.3 Å². The van der Waals surface area contributed by atoms with Gasteiger partial charge in [0.15, 0.2) is 0 Å². The van der Waals surface area contributed by atoms with Crippen LogP contribution in [0.2, 0.25) is 0 Å². The number of carbonyl (C=O) groups excluding carboxylic acids is 1. The third kappa shape index (κ3) is 3.25. The standard InChI is InChI=1S/C17H24N2O3/c1-10-7-13(8-11(2)22-10)18-17(21)19-16-14-6-4-3-5-12(14)9-15(16)20/h3-6,10-11,13,15-16,20H,7-9H2,1-2H3,(H2,18,19,21). The number of fused-ring (bicyclic) bond motifs is 1. The van der Waals surface area contributed by atoms with Crippen LogP contribution in [0.5, 0.6) is 0 Å². The third-order valence-corrected chi connectivity index (χ3v) is 4.52. The summed E-state index contributed by atoms with van der Waals surface area (Å²) >= 11 is 0. The molecule has 22 heavy (non-hydrogen) atoms. The van der Waals surface area contributed by atoms with Gasteiger partial charge in [-0.25, -0.2) is 4.79 Å². The Kier molecular flexibility index (Phi) is 4.36. The van der Waals surface area contributed by atoms with Crippen molar-refractivity contribution in [3.63, 3.8) is 0 Å². The molecule has 1 saturated heterocycles. The molecule has 0 aromatic heterocycles. The van der Waals surface area contributed by atoms with Gasteiger partial charge in [-0.2, -0.15) is 0 Å². The zero-order valence-electron chi connectivity index (χ0n) is 13.1. The van der Waals surface area contributed by atoms with Gasteiger partial charge in [-0.1, -0.05) is 24.3 Å². The number of rotatable bonds is 2. The van der Waals surface area contributed by atoms with E-state index in [1.165, 1.54) is 0 Å². The molecular weight excluding hydrogens is 280 g/mol. The van der Waals surface area contributed by atoms with Gasteiger partial charge in [-0.15, -0.1) is 0 Å². The summed E-state index contributed by atoms with van der Waals surface area (Å²) in [6.45, 7) is 4.05. The maximum absolute atomic E-state index is 12.3. The Morgan fingerprint density at radius 2 is 1.86 bits per heavy atom. The zero-order valence-corrected chi connectivity index (χ0v) is 13.1. The normalized spacial score (nSPS) is 34.0. The van der Waals surface area contributed by atoms with Crippen LogP contribution in [0, 0.1) is 0 Å². The molecule has 1 aliphatic carbocycles. The highest BCUT2D eigenvalue weighted by Crippen LogP contribution is 2.31. The fraction of sp³-hybridized carbons (Fsp3) is 0.588. The lowest BCUT2D eigenvalue weighted by Crippen LogP contribution is -2.49. The lowest BCUT2D eigenvalue weighted by Gasteiger charge is -2.33. The van der Waals surface area contributed by atoms with Crippen molar-refractivity contribution >= 4 is 6.03 Å². The van der Waals surface area contributed by atoms with Gasteiger partial charge in [-0.05, 0) is 37.8 Å². The molecule has 1 aromatic carbocycles. The number of ether oxygens (including phenoxy) is 1. The summed E-state index contributed by atoms with van der Waals surface area (Å²) in [6, 6.07) is 7.43. The highest BCUT2D eigenvalue weighted by Gasteiger charge is 2.33. The minimum Gasteiger partial charge on any atom is -0.390 e. The van der Waals surface area contributed by atoms with E-state index in [0.717, 1.165) is 24.0 Å². The smallest absolute Gasteiger partial charge is 0.315 e. The second-order valence-corrected chi connectivity index (χ2v) is 6.49. The van der Waals surface area contributed by atoms with Crippen molar-refractivity contribution < 1.29 is 14.6 Å². The Morgan fingerprint density at radius 3 is 2.59 bits per heavy atom. The first kappa shape index (κ1) is 15.3. The van der Waals surface area contributed by atoms with Gasteiger partial charge < -0.3 is 20.5 Å². The molecule has 4 unspecified atom stereocenters. The van der Waals surface area contributed by atoms with Crippen LogP contribution in [0.15, 0.2) is 24.3 Å². The first-order valence-corrected chi connectivity index (χ1v) is 8.01. The van der Waals surface area contributed by atoms with Crippen LogP contribution < -0.4 is 10.6 Å². The molecule has 3 rings (SSSR count). The molecule has 2 amide bonds. The number of nitrogens with one attached hydrogen (secondary N) is 2. The average molecular weight is 304 g/mol. The predicted octanol–water partition coefficient (Wildman–Crippen LogP) is 1.90. The molecule has 1 aliphatic heterocycles. The molecule has 0 spiro atoms. The van der Waals surface area contributed by atoms with Crippen molar-refractivity contribution in [2.45, 2.75) is 63.5 Å². The van der Waals surface area contributed by atoms with E-state index in [1.807, 2.05) is 38.1 Å². The molecule has 1 aromatic rings. The van der Waals surface area contributed by atoms with Gasteiger partial charge in [0, 0.05) is 12.5 Å². The van der Waals surface area contributed by atoms with Crippen LogP contribution in [0.3, 0.4) is 0 Å². The zero-order chi connectivity index (χ0) is 15.7. The minimum atomic E-state index is -0.560. The lowest BCUT2D eigenvalue weighted by molar-refractivity contribution is -0.0403. The van der Waals surface area contributed by atoms with Crippen LogP contribution in [0.25, 0.3) is 0 Å². The molecule has 4 atom stereocenters. The summed E-state index contributed by atoms with van der Waals surface area (Å²) in [4.78, 5) is 12.3. The number of aliphatic hydroxyl groups is 1. The second kappa shape index (κ2) is 6.26. The monoisotopic (exact) mass is 304 g/mol. The topological polar surface area (TPSA) is 70.6 Å². The molecule has 5 nitrogen and oxygen atoms in total. The number of hydrogen-bond acceptors (Lipinski definition) is 3. The molecule has 0 saturated carbocycles. The summed E-state index contributed by atoms with van der Waals surface area (Å²) in [5.74, 6) is 0. The Balaban J connectivity index is 1.60. The fourth-order valence-corrected chi connectivity index (χ4v) is 3.64. The first-order valence-electron chi connectivity index (χ1n) is 8.01. The molecule has 2 aliphatic rings. The minimum absolute atomic E-state index is 0.118. The predicted molar refractivity (Wildman–Crippen MR) is 83.6 cm³/mol. The number of carbonyl (C=O) groups is 1. The Bertz CT molecular complexity index is 538. The van der Waals surface area contributed by atoms with Crippen molar-refractivity contribution in [1.82, 2.24) is 10.6 Å². The maximum Gasteiger partial charge on any atom is 0.315 e. The van der Waals surface area contributed by atoms with E-state index in [0.29, 0.717) is 6.42 Å². The molecular formula is C17H24N2O3. The van der Waals surface area contributed by atoms with Crippen molar-refractivity contribution in [3.8, 4) is 0 Å². The van der Waals surface area contributed by atoms with Crippen LogP contribution in [-0.2, 0) is 11.2 Å². The Labute approximate surface area is 131 Å². The van der Waals surface area contributed by atoms with E-state index < -0.39 is 6.10 Å². The average Bonchev–Trinajstić information content (AvgIpc) is 2.74. The molecule has 1 heterocycles. The SMILES string of the molecule is CC1CC(NC(=O)NC2c3ccccc3CC2O)CC(C)O1. The van der Waals surface area contributed by atoms with Crippen LogP contribution in [0.4, 0.5) is 4.79 Å². The van der Waals surface area contributed by atoms with E-state index in [2.05, 4.69) is 10.6 Å². The second-order valence-electron chi connectivity index (χ2n) is 6.49. The van der Waals surface area contributed by atoms with Gasteiger partial charge in [-0.3, -0.25) is 0 Å². The highest BCUT2D eigenvalue weighted by atomic mass is 16.5. The van der Waals surface area contributed by atoms with Gasteiger partial charge >= 0.3 is 6.03 Å². The van der Waals surface area contributed by atoms with E-state index in [9.17, 15) is 9.90 Å². The highest BCUT2D eigenvalue weighted by molar-refractivity contribution is 5.75. The first-order chi connectivity index (χ1) is 10.5. The van der Waals surface area contributed by atoms with Crippen molar-refractivity contribution in [3.05, 3.63) is 35.4 Å². The number of aliphatic hydroxyl groups excluding tert-OH is 1. The van der Waals surface area contributed by atoms with Crippen LogP contribution in [-0.4, -0.2) is 35.5 Å². The molecule has 5 heteroatoms. The van der Waals surface area contributed by atoms with Crippen molar-refractivity contribution in [2.75, 3.05) is 0 Å². The number of hydrogen-bond donors (Lipinski definition) is 3. The largest absolute Gasteiger partial charge is 0.390 e. The number of amides is 2. The van der Waals surface area contributed by atoms with E-state index in [1.54, 1.807) is 0 Å². The molecule has 1 fully saturated rings. The number of urea groups is 1. The summed E-state index contributed by atoms with van der Waals surface area (Å²) in [5, 5.41) is 16.1. The lowest BCUT2D eigenvalue weighted by atomic mass is 10.00. The van der Waals surface area contributed by atoms with Crippen molar-refractivity contribution in [1.29, 1.82) is 0 Å². The number of benzene rings is 1. The molecule has 0 bridgehead atoms. The Morgan fingerprint density at radius 1 is 1.18 bits per heavy atom. The van der Waals surface area contributed by atoms with Gasteiger partial charge in [0.1, 0.15) is 0 Å².